The molecule has 162 valence electrons. The number of anilines is 1. The molecule has 2 N–H and O–H groups in total. The summed E-state index contributed by atoms with van der Waals surface area (Å²) in [6.45, 7) is 0.801. The molecule has 0 saturated carbocycles. The molecule has 0 saturated heterocycles. The van der Waals surface area contributed by atoms with Crippen LogP contribution < -0.4 is 14.8 Å². The predicted octanol–water partition coefficient (Wildman–Crippen LogP) is 4.55. The highest BCUT2D eigenvalue weighted by molar-refractivity contribution is 6.01. The van der Waals surface area contributed by atoms with Crippen LogP contribution in [-0.4, -0.2) is 45.2 Å². The molecule has 0 aliphatic carbocycles. The molecule has 1 aliphatic heterocycles. The number of hydrogen-bond acceptors (Lipinski definition) is 7. The van der Waals surface area contributed by atoms with Crippen molar-refractivity contribution in [1.82, 2.24) is 24.9 Å². The molecule has 0 fully saturated rings. The second kappa shape index (κ2) is 7.90. The molecule has 1 aromatic carbocycles. The Morgan fingerprint density at radius 2 is 1.82 bits per heavy atom. The van der Waals surface area contributed by atoms with Crippen LogP contribution in [0.5, 0.6) is 11.5 Å². The largest absolute Gasteiger partial charge is 0.488 e. The second-order valence-corrected chi connectivity index (χ2v) is 7.67. The van der Waals surface area contributed by atoms with Crippen LogP contribution in [0, 0.1) is 0 Å². The van der Waals surface area contributed by atoms with E-state index in [1.807, 2.05) is 36.5 Å². The Morgan fingerprint density at radius 1 is 0.939 bits per heavy atom. The number of fused-ring (bicyclic) bond motifs is 5. The molecule has 1 aliphatic rings. The molecular formula is C25H20N6O2. The lowest BCUT2D eigenvalue weighted by atomic mass is 10.0. The minimum absolute atomic E-state index is 0.399. The van der Waals surface area contributed by atoms with Crippen LogP contribution in [0.2, 0.25) is 0 Å². The van der Waals surface area contributed by atoms with E-state index < -0.39 is 0 Å². The summed E-state index contributed by atoms with van der Waals surface area (Å²) in [5.41, 5.74) is 5.42. The number of ether oxygens (including phenoxy) is 2. The molecule has 8 nitrogen and oxygen atoms in total. The molecule has 5 aromatic rings. The third-order valence-electron chi connectivity index (χ3n) is 5.54. The number of H-pyrrole nitrogens is 1. The van der Waals surface area contributed by atoms with Crippen molar-refractivity contribution < 1.29 is 9.47 Å². The molecule has 0 radical (unpaired) electrons. The van der Waals surface area contributed by atoms with E-state index in [1.54, 1.807) is 25.6 Å². The van der Waals surface area contributed by atoms with Gasteiger partial charge in [-0.3, -0.25) is 9.97 Å². The summed E-state index contributed by atoms with van der Waals surface area (Å²) < 4.78 is 11.7. The van der Waals surface area contributed by atoms with Gasteiger partial charge in [0, 0.05) is 30.4 Å². The van der Waals surface area contributed by atoms with Gasteiger partial charge >= 0.3 is 0 Å². The lowest BCUT2D eigenvalue weighted by Gasteiger charge is -2.09. The molecule has 0 unspecified atom stereocenters. The van der Waals surface area contributed by atoms with E-state index in [1.165, 1.54) is 0 Å². The van der Waals surface area contributed by atoms with Crippen molar-refractivity contribution in [3.8, 4) is 22.6 Å². The Kier molecular flexibility index (Phi) is 4.61. The number of benzene rings is 1. The quantitative estimate of drug-likeness (QED) is 0.398. The van der Waals surface area contributed by atoms with Gasteiger partial charge in [-0.25, -0.2) is 4.98 Å². The lowest BCUT2D eigenvalue weighted by molar-refractivity contribution is 0.216. The van der Waals surface area contributed by atoms with Crippen molar-refractivity contribution in [1.29, 1.82) is 0 Å². The molecular weight excluding hydrogens is 416 g/mol. The minimum Gasteiger partial charge on any atom is -0.488 e. The van der Waals surface area contributed by atoms with Crippen LogP contribution in [0.4, 0.5) is 5.95 Å². The zero-order valence-corrected chi connectivity index (χ0v) is 17.9. The van der Waals surface area contributed by atoms with Crippen molar-refractivity contribution in [3.05, 3.63) is 66.4 Å². The van der Waals surface area contributed by atoms with Crippen LogP contribution in [0.3, 0.4) is 0 Å². The summed E-state index contributed by atoms with van der Waals surface area (Å²) in [7, 11) is 1.81. The Balaban J connectivity index is 1.59. The summed E-state index contributed by atoms with van der Waals surface area (Å²) in [4.78, 5) is 21.5. The number of nitrogens with one attached hydrogen (secondary N) is 2. The van der Waals surface area contributed by atoms with E-state index in [-0.39, 0.29) is 0 Å². The molecule has 6 rings (SSSR count). The van der Waals surface area contributed by atoms with Gasteiger partial charge in [-0.1, -0.05) is 12.1 Å². The topological polar surface area (TPSA) is 97.8 Å². The standard InChI is InChI=1S/C25H20N6O2/c1-26-25-30-22-4-2-15-8-18(12-27-11-15)32-6-7-33-19-10-17-9-16(3-5-21(17)28-13-19)20-14-29-24(31-25)23(20)22/h2-5,8-14H,6-7H2,1H3,(H2,26,29,30,31). The summed E-state index contributed by atoms with van der Waals surface area (Å²) in [5.74, 6) is 1.92. The maximum absolute atomic E-state index is 5.87. The van der Waals surface area contributed by atoms with Crippen LogP contribution in [0.25, 0.3) is 45.2 Å². The lowest BCUT2D eigenvalue weighted by Crippen LogP contribution is -2.09. The summed E-state index contributed by atoms with van der Waals surface area (Å²) >= 11 is 0. The maximum atomic E-state index is 5.87. The molecule has 5 bridgehead atoms. The fourth-order valence-electron chi connectivity index (χ4n) is 3.98. The SMILES string of the molecule is CNc1nc2c3c(c[nH]c3n1)-c1ccc3ncc(cc3c1)OCCOc1cncc(c1)C=C2. The van der Waals surface area contributed by atoms with Gasteiger partial charge in [0.05, 0.1) is 29.0 Å². The Labute approximate surface area is 189 Å². The number of pyridine rings is 2. The summed E-state index contributed by atoms with van der Waals surface area (Å²) in [6.07, 6.45) is 11.1. The summed E-state index contributed by atoms with van der Waals surface area (Å²) in [5, 5.41) is 4.97. The Morgan fingerprint density at radius 3 is 2.70 bits per heavy atom. The average molecular weight is 436 g/mol. The van der Waals surface area contributed by atoms with Gasteiger partial charge in [0.15, 0.2) is 0 Å². The van der Waals surface area contributed by atoms with Crippen LogP contribution in [0.1, 0.15) is 11.3 Å². The highest BCUT2D eigenvalue weighted by Crippen LogP contribution is 2.33. The van der Waals surface area contributed by atoms with E-state index in [0.717, 1.165) is 44.3 Å². The van der Waals surface area contributed by atoms with Crippen molar-refractivity contribution >= 4 is 40.0 Å². The van der Waals surface area contributed by atoms with E-state index in [4.69, 9.17) is 14.5 Å². The molecule has 0 atom stereocenters. The van der Waals surface area contributed by atoms with Crippen molar-refractivity contribution in [2.75, 3.05) is 25.6 Å². The molecule has 4 aromatic heterocycles. The Bertz CT molecular complexity index is 1520. The third kappa shape index (κ3) is 3.61. The molecule has 0 spiro atoms. The van der Waals surface area contributed by atoms with E-state index >= 15 is 0 Å². The van der Waals surface area contributed by atoms with Gasteiger partial charge in [-0.2, -0.15) is 4.98 Å². The average Bonchev–Trinajstić information content (AvgIpc) is 3.28. The second-order valence-electron chi connectivity index (χ2n) is 7.67. The number of aromatic nitrogens is 5. The Hall–Kier alpha value is -4.46. The number of rotatable bonds is 1. The van der Waals surface area contributed by atoms with Crippen molar-refractivity contribution in [3.63, 3.8) is 0 Å². The minimum atomic E-state index is 0.399. The van der Waals surface area contributed by atoms with E-state index in [2.05, 4.69) is 37.4 Å². The molecule has 5 heterocycles. The predicted molar refractivity (Wildman–Crippen MR) is 128 cm³/mol. The fraction of sp³-hybridized carbons (Fsp3) is 0.120. The monoisotopic (exact) mass is 436 g/mol. The molecule has 8 heteroatoms. The third-order valence-corrected chi connectivity index (χ3v) is 5.54. The first-order chi connectivity index (χ1) is 16.3. The smallest absolute Gasteiger partial charge is 0.224 e. The zero-order chi connectivity index (χ0) is 22.2. The highest BCUT2D eigenvalue weighted by Gasteiger charge is 2.14. The van der Waals surface area contributed by atoms with Gasteiger partial charge in [0.1, 0.15) is 30.4 Å². The van der Waals surface area contributed by atoms with Crippen LogP contribution >= 0.6 is 0 Å². The number of aromatic amines is 1. The first-order valence-corrected chi connectivity index (χ1v) is 10.6. The van der Waals surface area contributed by atoms with Crippen LogP contribution in [-0.2, 0) is 0 Å². The van der Waals surface area contributed by atoms with E-state index in [0.29, 0.717) is 30.7 Å². The molecule has 33 heavy (non-hydrogen) atoms. The van der Waals surface area contributed by atoms with Gasteiger partial charge in [0.2, 0.25) is 5.95 Å². The summed E-state index contributed by atoms with van der Waals surface area (Å²) in [6, 6.07) is 10.1. The normalized spacial score (nSPS) is 13.1. The van der Waals surface area contributed by atoms with E-state index in [9.17, 15) is 0 Å². The first kappa shape index (κ1) is 19.2. The molecule has 0 amide bonds. The number of nitrogens with zero attached hydrogens (tertiary/aromatic N) is 4. The van der Waals surface area contributed by atoms with Gasteiger partial charge in [0.25, 0.3) is 0 Å². The van der Waals surface area contributed by atoms with Gasteiger partial charge in [-0.15, -0.1) is 0 Å². The van der Waals surface area contributed by atoms with Gasteiger partial charge in [-0.05, 0) is 41.5 Å². The van der Waals surface area contributed by atoms with Gasteiger partial charge < -0.3 is 19.8 Å². The fourth-order valence-corrected chi connectivity index (χ4v) is 3.98. The van der Waals surface area contributed by atoms with Crippen LogP contribution in [0.15, 0.2) is 55.1 Å². The van der Waals surface area contributed by atoms with Crippen molar-refractivity contribution in [2.24, 2.45) is 0 Å². The zero-order valence-electron chi connectivity index (χ0n) is 17.9. The maximum Gasteiger partial charge on any atom is 0.224 e. The number of hydrogen-bond donors (Lipinski definition) is 2. The first-order valence-electron chi connectivity index (χ1n) is 10.6. The highest BCUT2D eigenvalue weighted by atomic mass is 16.5. The van der Waals surface area contributed by atoms with Crippen molar-refractivity contribution in [2.45, 2.75) is 0 Å².